The number of nitrogens with zero attached hydrogens (tertiary/aromatic N) is 3. The van der Waals surface area contributed by atoms with E-state index >= 15 is 0 Å². The summed E-state index contributed by atoms with van der Waals surface area (Å²) in [4.78, 5) is 20.5. The second kappa shape index (κ2) is 7.17. The maximum atomic E-state index is 12.2. The summed E-state index contributed by atoms with van der Waals surface area (Å²) < 4.78 is 0. The van der Waals surface area contributed by atoms with Crippen molar-refractivity contribution < 1.29 is 9.90 Å². The van der Waals surface area contributed by atoms with Crippen LogP contribution < -0.4 is 10.2 Å². The van der Waals surface area contributed by atoms with Crippen LogP contribution in [0.15, 0.2) is 24.4 Å². The molecule has 2 fully saturated rings. The van der Waals surface area contributed by atoms with E-state index in [2.05, 4.69) is 15.2 Å². The van der Waals surface area contributed by atoms with Gasteiger partial charge in [-0.3, -0.25) is 0 Å². The number of aliphatic hydroxyl groups excluding tert-OH is 1. The zero-order valence-electron chi connectivity index (χ0n) is 13.7. The molecule has 6 heteroatoms. The molecule has 23 heavy (non-hydrogen) atoms. The molecular weight excluding hydrogens is 292 g/mol. The Morgan fingerprint density at radius 3 is 2.74 bits per heavy atom. The Bertz CT molecular complexity index is 513. The number of amides is 2. The SMILES string of the molecule is CN(CC(O)C1CC1)C(=O)NC1CCN(c2ccccn2)CC1. The Labute approximate surface area is 137 Å². The zero-order valence-corrected chi connectivity index (χ0v) is 13.7. The molecule has 2 heterocycles. The van der Waals surface area contributed by atoms with Gasteiger partial charge >= 0.3 is 6.03 Å². The van der Waals surface area contributed by atoms with E-state index in [1.54, 1.807) is 11.9 Å². The third kappa shape index (κ3) is 4.34. The monoisotopic (exact) mass is 318 g/mol. The first kappa shape index (κ1) is 16.1. The number of hydrogen-bond donors (Lipinski definition) is 2. The van der Waals surface area contributed by atoms with Crippen molar-refractivity contribution >= 4 is 11.8 Å². The number of nitrogens with one attached hydrogen (secondary N) is 1. The van der Waals surface area contributed by atoms with Crippen LogP contribution in [0.4, 0.5) is 10.6 Å². The normalized spacial score (nSPS) is 20.2. The Morgan fingerprint density at radius 1 is 1.39 bits per heavy atom. The van der Waals surface area contributed by atoms with E-state index in [0.717, 1.165) is 44.6 Å². The summed E-state index contributed by atoms with van der Waals surface area (Å²) in [5, 5.41) is 13.0. The van der Waals surface area contributed by atoms with Crippen molar-refractivity contribution in [2.75, 3.05) is 31.6 Å². The van der Waals surface area contributed by atoms with Crippen molar-refractivity contribution in [3.8, 4) is 0 Å². The third-order valence-electron chi connectivity index (χ3n) is 4.77. The van der Waals surface area contributed by atoms with Crippen LogP contribution in [0.1, 0.15) is 25.7 Å². The molecule has 0 bridgehead atoms. The van der Waals surface area contributed by atoms with Gasteiger partial charge in [0.15, 0.2) is 0 Å². The van der Waals surface area contributed by atoms with Gasteiger partial charge in [0.1, 0.15) is 5.82 Å². The van der Waals surface area contributed by atoms with Crippen LogP contribution in [0, 0.1) is 5.92 Å². The van der Waals surface area contributed by atoms with Crippen LogP contribution >= 0.6 is 0 Å². The molecule has 1 atom stereocenters. The molecule has 1 aliphatic heterocycles. The number of anilines is 1. The smallest absolute Gasteiger partial charge is 0.317 e. The van der Waals surface area contributed by atoms with E-state index < -0.39 is 0 Å². The van der Waals surface area contributed by atoms with Gasteiger partial charge in [0.05, 0.1) is 6.10 Å². The minimum Gasteiger partial charge on any atom is -0.391 e. The molecule has 2 N–H and O–H groups in total. The molecule has 1 saturated heterocycles. The second-order valence-corrected chi connectivity index (χ2v) is 6.68. The first-order valence-corrected chi connectivity index (χ1v) is 8.49. The number of urea groups is 1. The number of carbonyl (C=O) groups is 1. The lowest BCUT2D eigenvalue weighted by atomic mass is 10.1. The van der Waals surface area contributed by atoms with Crippen LogP contribution in [0.3, 0.4) is 0 Å². The molecule has 1 unspecified atom stereocenters. The highest BCUT2D eigenvalue weighted by Crippen LogP contribution is 2.32. The van der Waals surface area contributed by atoms with Gasteiger partial charge in [-0.05, 0) is 43.7 Å². The highest BCUT2D eigenvalue weighted by atomic mass is 16.3. The van der Waals surface area contributed by atoms with Crippen LogP contribution in [0.25, 0.3) is 0 Å². The van der Waals surface area contributed by atoms with Gasteiger partial charge in [0.25, 0.3) is 0 Å². The highest BCUT2D eigenvalue weighted by molar-refractivity contribution is 5.74. The molecule has 1 aliphatic carbocycles. The van der Waals surface area contributed by atoms with Crippen molar-refractivity contribution in [1.29, 1.82) is 0 Å². The van der Waals surface area contributed by atoms with Gasteiger partial charge in [0.2, 0.25) is 0 Å². The van der Waals surface area contributed by atoms with E-state index in [0.29, 0.717) is 12.5 Å². The molecule has 0 radical (unpaired) electrons. The first-order chi connectivity index (χ1) is 11.1. The molecule has 1 aromatic heterocycles. The van der Waals surface area contributed by atoms with Gasteiger partial charge in [-0.25, -0.2) is 9.78 Å². The van der Waals surface area contributed by atoms with Crippen molar-refractivity contribution in [2.45, 2.75) is 37.8 Å². The number of pyridine rings is 1. The highest BCUT2D eigenvalue weighted by Gasteiger charge is 2.31. The van der Waals surface area contributed by atoms with Gasteiger partial charge in [0, 0.05) is 38.9 Å². The Hall–Kier alpha value is -1.82. The van der Waals surface area contributed by atoms with Crippen molar-refractivity contribution in [1.82, 2.24) is 15.2 Å². The summed E-state index contributed by atoms with van der Waals surface area (Å²) in [6, 6.07) is 6.05. The average molecular weight is 318 g/mol. The lowest BCUT2D eigenvalue weighted by molar-refractivity contribution is 0.112. The molecular formula is C17H26N4O2. The lowest BCUT2D eigenvalue weighted by Gasteiger charge is -2.34. The molecule has 1 saturated carbocycles. The average Bonchev–Trinajstić information content (AvgIpc) is 3.41. The van der Waals surface area contributed by atoms with E-state index in [1.165, 1.54) is 0 Å². The van der Waals surface area contributed by atoms with E-state index in [9.17, 15) is 9.90 Å². The van der Waals surface area contributed by atoms with Crippen LogP contribution in [-0.2, 0) is 0 Å². The number of likely N-dealkylation sites (N-methyl/N-ethyl adjacent to an activating group) is 1. The fraction of sp³-hybridized carbons (Fsp3) is 0.647. The van der Waals surface area contributed by atoms with Gasteiger partial charge in [-0.2, -0.15) is 0 Å². The molecule has 2 aliphatic rings. The molecule has 126 valence electrons. The van der Waals surface area contributed by atoms with E-state index in [4.69, 9.17) is 0 Å². The number of piperidine rings is 1. The van der Waals surface area contributed by atoms with Gasteiger partial charge in [-0.15, -0.1) is 0 Å². The Kier molecular flexibility index (Phi) is 5.00. The predicted molar refractivity (Wildman–Crippen MR) is 89.4 cm³/mol. The Balaban J connectivity index is 1.42. The van der Waals surface area contributed by atoms with E-state index in [-0.39, 0.29) is 18.2 Å². The minimum absolute atomic E-state index is 0.0824. The molecule has 1 aromatic rings. The summed E-state index contributed by atoms with van der Waals surface area (Å²) in [6.07, 6.45) is 5.44. The fourth-order valence-electron chi connectivity index (χ4n) is 3.07. The van der Waals surface area contributed by atoms with Crippen LogP contribution in [0.2, 0.25) is 0 Å². The molecule has 0 spiro atoms. The lowest BCUT2D eigenvalue weighted by Crippen LogP contribution is -2.49. The van der Waals surface area contributed by atoms with E-state index in [1.807, 2.05) is 24.4 Å². The fourth-order valence-corrected chi connectivity index (χ4v) is 3.07. The quantitative estimate of drug-likeness (QED) is 0.862. The minimum atomic E-state index is -0.378. The van der Waals surface area contributed by atoms with Gasteiger partial charge in [-0.1, -0.05) is 6.07 Å². The number of hydrogen-bond acceptors (Lipinski definition) is 4. The summed E-state index contributed by atoms with van der Waals surface area (Å²) in [5.41, 5.74) is 0. The van der Waals surface area contributed by atoms with Crippen molar-refractivity contribution in [2.24, 2.45) is 5.92 Å². The van der Waals surface area contributed by atoms with Gasteiger partial charge < -0.3 is 20.2 Å². The topological polar surface area (TPSA) is 68.7 Å². The number of aliphatic hydroxyl groups is 1. The maximum Gasteiger partial charge on any atom is 0.317 e. The largest absolute Gasteiger partial charge is 0.391 e. The summed E-state index contributed by atoms with van der Waals surface area (Å²) in [5.74, 6) is 1.40. The second-order valence-electron chi connectivity index (χ2n) is 6.68. The molecule has 6 nitrogen and oxygen atoms in total. The maximum absolute atomic E-state index is 12.2. The zero-order chi connectivity index (χ0) is 16.2. The van der Waals surface area contributed by atoms with Crippen LogP contribution in [0.5, 0.6) is 0 Å². The molecule has 3 rings (SSSR count). The van der Waals surface area contributed by atoms with Crippen LogP contribution in [-0.4, -0.2) is 59.8 Å². The first-order valence-electron chi connectivity index (χ1n) is 8.49. The number of rotatable bonds is 5. The Morgan fingerprint density at radius 2 is 2.13 bits per heavy atom. The summed E-state index contributed by atoms with van der Waals surface area (Å²) in [6.45, 7) is 2.22. The molecule has 0 aromatic carbocycles. The standard InChI is InChI=1S/C17H26N4O2/c1-20(12-15(22)13-5-6-13)17(23)19-14-7-10-21(11-8-14)16-4-2-3-9-18-16/h2-4,9,13-15,22H,5-8,10-12H2,1H3,(H,19,23). The predicted octanol–water partition coefficient (Wildman–Crippen LogP) is 1.46. The third-order valence-corrected chi connectivity index (χ3v) is 4.77. The summed E-state index contributed by atoms with van der Waals surface area (Å²) >= 11 is 0. The number of aromatic nitrogens is 1. The van der Waals surface area contributed by atoms with Crippen molar-refractivity contribution in [3.63, 3.8) is 0 Å². The van der Waals surface area contributed by atoms with Crippen molar-refractivity contribution in [3.05, 3.63) is 24.4 Å². The number of carbonyl (C=O) groups excluding carboxylic acids is 1. The summed E-state index contributed by atoms with van der Waals surface area (Å²) in [7, 11) is 1.75. The molecule has 2 amide bonds.